The summed E-state index contributed by atoms with van der Waals surface area (Å²) < 4.78 is 10.8. The van der Waals surface area contributed by atoms with Crippen molar-refractivity contribution in [2.45, 2.75) is 51.6 Å². The summed E-state index contributed by atoms with van der Waals surface area (Å²) in [4.78, 5) is 23.8. The first kappa shape index (κ1) is 18.0. The zero-order chi connectivity index (χ0) is 17.6. The molecule has 0 radical (unpaired) electrons. The fourth-order valence-corrected chi connectivity index (χ4v) is 3.02. The molecule has 0 spiro atoms. The Kier molecular flexibility index (Phi) is 5.93. The Morgan fingerprint density at radius 2 is 2.00 bits per heavy atom. The minimum Gasteiger partial charge on any atom is -0.425 e. The number of hydrogen-bond donors (Lipinski definition) is 1. The Labute approximate surface area is 141 Å². The van der Waals surface area contributed by atoms with E-state index in [4.69, 9.17) is 9.47 Å². The van der Waals surface area contributed by atoms with E-state index in [9.17, 15) is 14.9 Å². The Hall–Kier alpha value is -2.39. The van der Waals surface area contributed by atoms with E-state index in [-0.39, 0.29) is 17.2 Å². The highest BCUT2D eigenvalue weighted by atomic mass is 16.5. The van der Waals surface area contributed by atoms with E-state index in [1.807, 2.05) is 13.0 Å². The summed E-state index contributed by atoms with van der Waals surface area (Å²) >= 11 is 0. The SMILES string of the molecule is CCOC1(C(=O)Nc2ccc(OC(C)=O)c(C#N)c2)CCCCC1. The molecule has 2 rings (SSSR count). The molecule has 24 heavy (non-hydrogen) atoms. The second-order valence-electron chi connectivity index (χ2n) is 5.86. The average molecular weight is 330 g/mol. The molecule has 1 aliphatic carbocycles. The van der Waals surface area contributed by atoms with Crippen LogP contribution in [-0.2, 0) is 14.3 Å². The maximum atomic E-state index is 12.7. The van der Waals surface area contributed by atoms with Gasteiger partial charge in [0.25, 0.3) is 5.91 Å². The third-order valence-electron chi connectivity index (χ3n) is 4.11. The zero-order valence-electron chi connectivity index (χ0n) is 14.1. The first-order chi connectivity index (χ1) is 11.5. The van der Waals surface area contributed by atoms with Gasteiger partial charge in [-0.1, -0.05) is 19.3 Å². The number of nitrogens with one attached hydrogen (secondary N) is 1. The molecule has 1 saturated carbocycles. The lowest BCUT2D eigenvalue weighted by atomic mass is 9.83. The van der Waals surface area contributed by atoms with E-state index < -0.39 is 11.6 Å². The number of nitriles is 1. The molecule has 1 amide bonds. The number of benzene rings is 1. The molecule has 0 saturated heterocycles. The molecule has 0 aliphatic heterocycles. The minimum absolute atomic E-state index is 0.181. The highest BCUT2D eigenvalue weighted by Crippen LogP contribution is 2.33. The van der Waals surface area contributed by atoms with Gasteiger partial charge in [-0.05, 0) is 38.0 Å². The van der Waals surface area contributed by atoms with Crippen molar-refractivity contribution < 1.29 is 19.1 Å². The van der Waals surface area contributed by atoms with Crippen LogP contribution in [0.2, 0.25) is 0 Å². The van der Waals surface area contributed by atoms with Crippen LogP contribution in [-0.4, -0.2) is 24.1 Å². The number of carbonyl (C=O) groups excluding carboxylic acids is 2. The Morgan fingerprint density at radius 1 is 1.29 bits per heavy atom. The molecule has 128 valence electrons. The average Bonchev–Trinajstić information content (AvgIpc) is 2.56. The third kappa shape index (κ3) is 4.12. The quantitative estimate of drug-likeness (QED) is 0.662. The molecule has 0 bridgehead atoms. The van der Waals surface area contributed by atoms with Crippen molar-refractivity contribution in [1.82, 2.24) is 0 Å². The van der Waals surface area contributed by atoms with E-state index in [1.54, 1.807) is 6.07 Å². The number of ether oxygens (including phenoxy) is 2. The van der Waals surface area contributed by atoms with E-state index in [0.717, 1.165) is 19.3 Å². The van der Waals surface area contributed by atoms with Gasteiger partial charge in [0, 0.05) is 19.2 Å². The predicted molar refractivity (Wildman–Crippen MR) is 88.5 cm³/mol. The van der Waals surface area contributed by atoms with Crippen LogP contribution in [0.1, 0.15) is 51.5 Å². The molecule has 6 nitrogen and oxygen atoms in total. The maximum absolute atomic E-state index is 12.7. The second kappa shape index (κ2) is 7.93. The molecule has 0 heterocycles. The van der Waals surface area contributed by atoms with Crippen molar-refractivity contribution in [2.75, 3.05) is 11.9 Å². The second-order valence-corrected chi connectivity index (χ2v) is 5.86. The lowest BCUT2D eigenvalue weighted by Gasteiger charge is -2.35. The van der Waals surface area contributed by atoms with Crippen molar-refractivity contribution in [3.63, 3.8) is 0 Å². The minimum atomic E-state index is -0.797. The molecule has 6 heteroatoms. The van der Waals surface area contributed by atoms with Crippen LogP contribution in [0.3, 0.4) is 0 Å². The highest BCUT2D eigenvalue weighted by molar-refractivity contribution is 5.97. The molecule has 1 aromatic rings. The van der Waals surface area contributed by atoms with Gasteiger partial charge in [0.15, 0.2) is 0 Å². The summed E-state index contributed by atoms with van der Waals surface area (Å²) in [6, 6.07) is 6.58. The number of rotatable bonds is 5. The molecular formula is C18H22N2O4. The zero-order valence-corrected chi connectivity index (χ0v) is 14.1. The van der Waals surface area contributed by atoms with E-state index in [0.29, 0.717) is 25.1 Å². The summed E-state index contributed by atoms with van der Waals surface area (Å²) in [6.07, 6.45) is 4.43. The number of hydrogen-bond acceptors (Lipinski definition) is 5. The van der Waals surface area contributed by atoms with Gasteiger partial charge in [0.1, 0.15) is 17.4 Å². The molecule has 1 fully saturated rings. The number of esters is 1. The first-order valence-electron chi connectivity index (χ1n) is 8.19. The third-order valence-corrected chi connectivity index (χ3v) is 4.11. The number of anilines is 1. The molecule has 0 atom stereocenters. The Morgan fingerprint density at radius 3 is 2.58 bits per heavy atom. The fraction of sp³-hybridized carbons (Fsp3) is 0.500. The Balaban J connectivity index is 2.18. The van der Waals surface area contributed by atoms with E-state index in [1.165, 1.54) is 19.1 Å². The summed E-state index contributed by atoms with van der Waals surface area (Å²) in [5.74, 6) is -0.505. The van der Waals surface area contributed by atoms with Gasteiger partial charge < -0.3 is 14.8 Å². The van der Waals surface area contributed by atoms with Crippen LogP contribution < -0.4 is 10.1 Å². The summed E-state index contributed by atoms with van der Waals surface area (Å²) in [5, 5.41) is 12.0. The lowest BCUT2D eigenvalue weighted by Crippen LogP contribution is -2.47. The smallest absolute Gasteiger partial charge is 0.308 e. The first-order valence-corrected chi connectivity index (χ1v) is 8.19. The van der Waals surface area contributed by atoms with Crippen molar-refractivity contribution >= 4 is 17.6 Å². The van der Waals surface area contributed by atoms with Crippen LogP contribution in [0, 0.1) is 11.3 Å². The molecule has 1 aliphatic rings. The molecule has 0 aromatic heterocycles. The standard InChI is InChI=1S/C18H22N2O4/c1-3-23-18(9-5-4-6-10-18)17(22)20-15-7-8-16(24-13(2)21)14(11-15)12-19/h7-8,11H,3-6,9-10H2,1-2H3,(H,20,22). The van der Waals surface area contributed by atoms with Crippen LogP contribution in [0.4, 0.5) is 5.69 Å². The number of carbonyl (C=O) groups is 2. The maximum Gasteiger partial charge on any atom is 0.308 e. The van der Waals surface area contributed by atoms with Crippen LogP contribution in [0.25, 0.3) is 0 Å². The van der Waals surface area contributed by atoms with Gasteiger partial charge in [-0.25, -0.2) is 0 Å². The highest BCUT2D eigenvalue weighted by Gasteiger charge is 2.40. The lowest BCUT2D eigenvalue weighted by molar-refractivity contribution is -0.145. The molecule has 1 N–H and O–H groups in total. The van der Waals surface area contributed by atoms with Crippen molar-refractivity contribution in [3.8, 4) is 11.8 Å². The van der Waals surface area contributed by atoms with Crippen molar-refractivity contribution in [1.29, 1.82) is 5.26 Å². The summed E-state index contributed by atoms with van der Waals surface area (Å²) in [6.45, 7) is 3.62. The molecular weight excluding hydrogens is 308 g/mol. The predicted octanol–water partition coefficient (Wildman–Crippen LogP) is 3.16. The molecule has 0 unspecified atom stereocenters. The molecule has 1 aromatic carbocycles. The van der Waals surface area contributed by atoms with Gasteiger partial charge in [0.05, 0.1) is 5.56 Å². The van der Waals surface area contributed by atoms with Crippen LogP contribution in [0.15, 0.2) is 18.2 Å². The topological polar surface area (TPSA) is 88.4 Å². The van der Waals surface area contributed by atoms with Crippen LogP contribution >= 0.6 is 0 Å². The van der Waals surface area contributed by atoms with Gasteiger partial charge in [0.2, 0.25) is 0 Å². The van der Waals surface area contributed by atoms with Crippen molar-refractivity contribution in [2.24, 2.45) is 0 Å². The van der Waals surface area contributed by atoms with Gasteiger partial charge in [-0.15, -0.1) is 0 Å². The van der Waals surface area contributed by atoms with Gasteiger partial charge >= 0.3 is 5.97 Å². The number of amides is 1. The largest absolute Gasteiger partial charge is 0.425 e. The van der Waals surface area contributed by atoms with E-state index >= 15 is 0 Å². The van der Waals surface area contributed by atoms with E-state index in [2.05, 4.69) is 5.32 Å². The summed E-state index contributed by atoms with van der Waals surface area (Å²) in [5.41, 5.74) is -0.122. The summed E-state index contributed by atoms with van der Waals surface area (Å²) in [7, 11) is 0. The van der Waals surface area contributed by atoms with Gasteiger partial charge in [-0.3, -0.25) is 9.59 Å². The fourth-order valence-electron chi connectivity index (χ4n) is 3.02. The monoisotopic (exact) mass is 330 g/mol. The Bertz CT molecular complexity index is 652. The normalized spacial score (nSPS) is 16.0. The number of nitrogens with zero attached hydrogens (tertiary/aromatic N) is 1. The van der Waals surface area contributed by atoms with Crippen LogP contribution in [0.5, 0.6) is 5.75 Å². The van der Waals surface area contributed by atoms with Crippen molar-refractivity contribution in [3.05, 3.63) is 23.8 Å². The van der Waals surface area contributed by atoms with Gasteiger partial charge in [-0.2, -0.15) is 5.26 Å².